The van der Waals surface area contributed by atoms with Crippen molar-refractivity contribution in [1.29, 1.82) is 0 Å². The van der Waals surface area contributed by atoms with Crippen molar-refractivity contribution < 1.29 is 9.90 Å². The van der Waals surface area contributed by atoms with Gasteiger partial charge in [-0.3, -0.25) is 4.79 Å². The molecule has 3 nitrogen and oxygen atoms in total. The summed E-state index contributed by atoms with van der Waals surface area (Å²) in [7, 11) is 0. The molecule has 1 atom stereocenters. The molecule has 0 aromatic heterocycles. The van der Waals surface area contributed by atoms with Crippen molar-refractivity contribution in [2.75, 3.05) is 6.54 Å². The SMILES string of the molecule is CC(C)(C)CC[C@@](C)(NCCCc1ccccc1)C(=O)O. The van der Waals surface area contributed by atoms with Crippen molar-refractivity contribution in [3.05, 3.63) is 35.9 Å². The summed E-state index contributed by atoms with van der Waals surface area (Å²) in [6.45, 7) is 8.95. The number of rotatable bonds is 8. The maximum atomic E-state index is 11.5. The van der Waals surface area contributed by atoms with E-state index in [1.807, 2.05) is 18.2 Å². The Bertz CT molecular complexity index is 436. The second-order valence-corrected chi connectivity index (χ2v) is 7.21. The van der Waals surface area contributed by atoms with Gasteiger partial charge in [0.25, 0.3) is 0 Å². The third kappa shape index (κ3) is 6.76. The highest BCUT2D eigenvalue weighted by atomic mass is 16.4. The first-order valence-corrected chi connectivity index (χ1v) is 7.75. The van der Waals surface area contributed by atoms with E-state index in [0.717, 1.165) is 25.8 Å². The Labute approximate surface area is 128 Å². The monoisotopic (exact) mass is 291 g/mol. The largest absolute Gasteiger partial charge is 0.480 e. The zero-order valence-electron chi connectivity index (χ0n) is 13.8. The lowest BCUT2D eigenvalue weighted by Crippen LogP contribution is -2.50. The first-order chi connectivity index (χ1) is 9.73. The maximum Gasteiger partial charge on any atom is 0.323 e. The molecular formula is C18H29NO2. The lowest BCUT2D eigenvalue weighted by molar-refractivity contribution is -0.144. The predicted molar refractivity (Wildman–Crippen MR) is 87.5 cm³/mol. The van der Waals surface area contributed by atoms with Gasteiger partial charge in [0.1, 0.15) is 5.54 Å². The van der Waals surface area contributed by atoms with Crippen LogP contribution in [0.5, 0.6) is 0 Å². The fourth-order valence-corrected chi connectivity index (χ4v) is 2.20. The van der Waals surface area contributed by atoms with Gasteiger partial charge in [-0.2, -0.15) is 0 Å². The number of carboxylic acid groups (broad SMARTS) is 1. The molecule has 0 unspecified atom stereocenters. The van der Waals surface area contributed by atoms with Crippen LogP contribution in [0.1, 0.15) is 52.5 Å². The molecule has 0 heterocycles. The lowest BCUT2D eigenvalue weighted by Gasteiger charge is -2.30. The number of nitrogens with one attached hydrogen (secondary N) is 1. The van der Waals surface area contributed by atoms with Crippen molar-refractivity contribution in [3.8, 4) is 0 Å². The topological polar surface area (TPSA) is 49.3 Å². The standard InChI is InChI=1S/C18H29NO2/c1-17(2,3)12-13-18(4,16(20)21)19-14-8-11-15-9-6-5-7-10-15/h5-7,9-10,19H,8,11-14H2,1-4H3,(H,20,21)/t18-/m1/s1. The van der Waals surface area contributed by atoms with Gasteiger partial charge in [-0.15, -0.1) is 0 Å². The van der Waals surface area contributed by atoms with Gasteiger partial charge < -0.3 is 10.4 Å². The third-order valence-corrected chi connectivity index (χ3v) is 3.85. The molecule has 3 heteroatoms. The van der Waals surface area contributed by atoms with Crippen LogP contribution in [0.2, 0.25) is 0 Å². The number of benzene rings is 1. The number of aliphatic carboxylic acids is 1. The van der Waals surface area contributed by atoms with E-state index in [-0.39, 0.29) is 5.41 Å². The van der Waals surface area contributed by atoms with Crippen molar-refractivity contribution >= 4 is 5.97 Å². The molecule has 21 heavy (non-hydrogen) atoms. The van der Waals surface area contributed by atoms with Crippen LogP contribution < -0.4 is 5.32 Å². The third-order valence-electron chi connectivity index (χ3n) is 3.85. The van der Waals surface area contributed by atoms with E-state index in [0.29, 0.717) is 6.42 Å². The molecule has 2 N–H and O–H groups in total. The van der Waals surface area contributed by atoms with E-state index in [4.69, 9.17) is 0 Å². The highest BCUT2D eigenvalue weighted by molar-refractivity contribution is 5.78. The van der Waals surface area contributed by atoms with E-state index in [2.05, 4.69) is 38.2 Å². The molecule has 0 saturated carbocycles. The van der Waals surface area contributed by atoms with Gasteiger partial charge >= 0.3 is 5.97 Å². The van der Waals surface area contributed by atoms with Crippen molar-refractivity contribution in [3.63, 3.8) is 0 Å². The highest BCUT2D eigenvalue weighted by Gasteiger charge is 2.33. The van der Waals surface area contributed by atoms with E-state index < -0.39 is 11.5 Å². The Hall–Kier alpha value is -1.35. The molecule has 0 amide bonds. The Morgan fingerprint density at radius 3 is 2.24 bits per heavy atom. The van der Waals surface area contributed by atoms with Gasteiger partial charge in [0, 0.05) is 0 Å². The molecule has 1 rings (SSSR count). The fourth-order valence-electron chi connectivity index (χ4n) is 2.20. The summed E-state index contributed by atoms with van der Waals surface area (Å²) >= 11 is 0. The van der Waals surface area contributed by atoms with Crippen LogP contribution in [0.25, 0.3) is 0 Å². The van der Waals surface area contributed by atoms with Gasteiger partial charge in [0.05, 0.1) is 0 Å². The molecule has 0 bridgehead atoms. The van der Waals surface area contributed by atoms with E-state index >= 15 is 0 Å². The van der Waals surface area contributed by atoms with Crippen LogP contribution in [0.3, 0.4) is 0 Å². The van der Waals surface area contributed by atoms with Gasteiger partial charge in [0.15, 0.2) is 0 Å². The van der Waals surface area contributed by atoms with E-state index in [1.54, 1.807) is 6.92 Å². The van der Waals surface area contributed by atoms with Gasteiger partial charge in [0.2, 0.25) is 0 Å². The zero-order chi connectivity index (χ0) is 15.9. The van der Waals surface area contributed by atoms with Crippen LogP contribution in [-0.2, 0) is 11.2 Å². The summed E-state index contributed by atoms with van der Waals surface area (Å²) in [4.78, 5) is 11.5. The molecule has 0 aliphatic carbocycles. The van der Waals surface area contributed by atoms with Crippen LogP contribution in [0.15, 0.2) is 30.3 Å². The normalized spacial score (nSPS) is 14.7. The van der Waals surface area contributed by atoms with Crippen LogP contribution in [0, 0.1) is 5.41 Å². The molecule has 1 aromatic carbocycles. The highest BCUT2D eigenvalue weighted by Crippen LogP contribution is 2.25. The van der Waals surface area contributed by atoms with Gasteiger partial charge in [-0.05, 0) is 50.1 Å². The Balaban J connectivity index is 2.42. The van der Waals surface area contributed by atoms with E-state index in [9.17, 15) is 9.90 Å². The molecule has 0 fully saturated rings. The first kappa shape index (κ1) is 17.7. The summed E-state index contributed by atoms with van der Waals surface area (Å²) in [5.41, 5.74) is 0.623. The number of hydrogen-bond donors (Lipinski definition) is 2. The van der Waals surface area contributed by atoms with Gasteiger partial charge in [-0.25, -0.2) is 0 Å². The molecule has 118 valence electrons. The summed E-state index contributed by atoms with van der Waals surface area (Å²) in [6.07, 6.45) is 3.46. The second kappa shape index (κ2) is 7.60. The zero-order valence-corrected chi connectivity index (χ0v) is 13.8. The molecule has 0 aliphatic rings. The number of hydrogen-bond acceptors (Lipinski definition) is 2. The summed E-state index contributed by atoms with van der Waals surface area (Å²) < 4.78 is 0. The smallest absolute Gasteiger partial charge is 0.323 e. The molecule has 0 spiro atoms. The van der Waals surface area contributed by atoms with Crippen molar-refractivity contribution in [2.45, 2.75) is 58.9 Å². The molecular weight excluding hydrogens is 262 g/mol. The molecule has 0 aliphatic heterocycles. The van der Waals surface area contributed by atoms with Crippen molar-refractivity contribution in [1.82, 2.24) is 5.32 Å². The number of carbonyl (C=O) groups is 1. The predicted octanol–water partition coefficient (Wildman–Crippen LogP) is 3.88. The minimum atomic E-state index is -0.829. The maximum absolute atomic E-state index is 11.5. The molecule has 0 radical (unpaired) electrons. The Morgan fingerprint density at radius 2 is 1.71 bits per heavy atom. The Kier molecular flexibility index (Phi) is 6.41. The van der Waals surface area contributed by atoms with Crippen LogP contribution in [0.4, 0.5) is 0 Å². The summed E-state index contributed by atoms with van der Waals surface area (Å²) in [6, 6.07) is 10.3. The number of carboxylic acids is 1. The lowest BCUT2D eigenvalue weighted by atomic mass is 9.84. The van der Waals surface area contributed by atoms with E-state index in [1.165, 1.54) is 5.56 Å². The molecule has 0 saturated heterocycles. The summed E-state index contributed by atoms with van der Waals surface area (Å²) in [5.74, 6) is -0.758. The minimum absolute atomic E-state index is 0.155. The molecule has 1 aromatic rings. The van der Waals surface area contributed by atoms with Crippen LogP contribution >= 0.6 is 0 Å². The average molecular weight is 291 g/mol. The average Bonchev–Trinajstić information content (AvgIpc) is 2.42. The van der Waals surface area contributed by atoms with Gasteiger partial charge in [-0.1, -0.05) is 51.1 Å². The van der Waals surface area contributed by atoms with Crippen molar-refractivity contribution in [2.24, 2.45) is 5.41 Å². The van der Waals surface area contributed by atoms with Crippen LogP contribution in [-0.4, -0.2) is 23.2 Å². The first-order valence-electron chi connectivity index (χ1n) is 7.75. The fraction of sp³-hybridized carbons (Fsp3) is 0.611. The summed E-state index contributed by atoms with van der Waals surface area (Å²) in [5, 5.41) is 12.7. The number of aryl methyl sites for hydroxylation is 1. The quantitative estimate of drug-likeness (QED) is 0.715. The Morgan fingerprint density at radius 1 is 1.10 bits per heavy atom. The second-order valence-electron chi connectivity index (χ2n) is 7.21. The minimum Gasteiger partial charge on any atom is -0.480 e.